The molecular formula is C14H27N. The van der Waals surface area contributed by atoms with Crippen molar-refractivity contribution < 1.29 is 0 Å². The van der Waals surface area contributed by atoms with Gasteiger partial charge < -0.3 is 5.32 Å². The van der Waals surface area contributed by atoms with Crippen LogP contribution >= 0.6 is 0 Å². The third-order valence-electron chi connectivity index (χ3n) is 4.43. The Balaban J connectivity index is 1.56. The van der Waals surface area contributed by atoms with Crippen molar-refractivity contribution in [2.45, 2.75) is 70.3 Å². The Morgan fingerprint density at radius 1 is 0.933 bits per heavy atom. The largest absolute Gasteiger partial charge is 0.317 e. The Morgan fingerprint density at radius 3 is 1.93 bits per heavy atom. The fourth-order valence-corrected chi connectivity index (χ4v) is 3.01. The number of hydrogen-bond acceptors (Lipinski definition) is 1. The van der Waals surface area contributed by atoms with Crippen molar-refractivity contribution in [3.8, 4) is 0 Å². The summed E-state index contributed by atoms with van der Waals surface area (Å²) in [5.41, 5.74) is 0. The van der Waals surface area contributed by atoms with Gasteiger partial charge in [-0.15, -0.1) is 0 Å². The summed E-state index contributed by atoms with van der Waals surface area (Å²) in [5.74, 6) is 2.18. The van der Waals surface area contributed by atoms with E-state index in [1.165, 1.54) is 64.2 Å². The van der Waals surface area contributed by atoms with Gasteiger partial charge in [0.2, 0.25) is 0 Å². The van der Waals surface area contributed by atoms with Crippen molar-refractivity contribution in [3.63, 3.8) is 0 Å². The molecule has 15 heavy (non-hydrogen) atoms. The van der Waals surface area contributed by atoms with Gasteiger partial charge in [-0.3, -0.25) is 0 Å². The van der Waals surface area contributed by atoms with Crippen molar-refractivity contribution >= 4 is 0 Å². The van der Waals surface area contributed by atoms with Gasteiger partial charge in [0, 0.05) is 6.04 Å². The highest BCUT2D eigenvalue weighted by atomic mass is 14.9. The molecule has 0 aromatic heterocycles. The van der Waals surface area contributed by atoms with Gasteiger partial charge >= 0.3 is 0 Å². The van der Waals surface area contributed by atoms with E-state index in [4.69, 9.17) is 0 Å². The van der Waals surface area contributed by atoms with Crippen LogP contribution in [0.4, 0.5) is 0 Å². The zero-order valence-corrected chi connectivity index (χ0v) is 10.3. The van der Waals surface area contributed by atoms with Crippen LogP contribution in [-0.4, -0.2) is 13.1 Å². The molecule has 0 amide bonds. The van der Waals surface area contributed by atoms with E-state index in [1.54, 1.807) is 0 Å². The van der Waals surface area contributed by atoms with Crippen LogP contribution in [0.5, 0.6) is 0 Å². The van der Waals surface area contributed by atoms with Crippen LogP contribution in [0.1, 0.15) is 64.2 Å². The molecule has 1 N–H and O–H groups in total. The van der Waals surface area contributed by atoms with E-state index in [0.29, 0.717) is 0 Å². The maximum Gasteiger partial charge on any atom is 0.00642 e. The average Bonchev–Trinajstić information content (AvgIpc) is 2.94. The lowest BCUT2D eigenvalue weighted by atomic mass is 9.96. The second-order valence-corrected chi connectivity index (χ2v) is 5.73. The first-order chi connectivity index (χ1) is 7.38. The normalized spacial score (nSPS) is 24.6. The first-order valence-electron chi connectivity index (χ1n) is 7.05. The van der Waals surface area contributed by atoms with Crippen molar-refractivity contribution in [1.29, 1.82) is 0 Å². The SMILES string of the molecule is CNC(CCC1CCCC1)CCC1CC1. The molecule has 88 valence electrons. The molecule has 2 aliphatic carbocycles. The molecular weight excluding hydrogens is 182 g/mol. The first kappa shape index (κ1) is 11.4. The minimum atomic E-state index is 0.811. The average molecular weight is 209 g/mol. The lowest BCUT2D eigenvalue weighted by Gasteiger charge is -2.18. The Bertz CT molecular complexity index is 168. The molecule has 2 fully saturated rings. The molecule has 0 saturated heterocycles. The molecule has 0 radical (unpaired) electrons. The Hall–Kier alpha value is -0.0400. The highest BCUT2D eigenvalue weighted by molar-refractivity contribution is 4.77. The predicted octanol–water partition coefficient (Wildman–Crippen LogP) is 3.74. The van der Waals surface area contributed by atoms with Gasteiger partial charge in [-0.1, -0.05) is 38.5 Å². The van der Waals surface area contributed by atoms with Crippen molar-refractivity contribution in [3.05, 3.63) is 0 Å². The minimum Gasteiger partial charge on any atom is -0.317 e. The standard InChI is InChI=1S/C14H27N/c1-15-14(11-9-13-6-7-13)10-8-12-4-2-3-5-12/h12-15H,2-11H2,1H3. The number of hydrogen-bond donors (Lipinski definition) is 1. The summed E-state index contributed by atoms with van der Waals surface area (Å²) in [5, 5.41) is 3.51. The summed E-state index contributed by atoms with van der Waals surface area (Å²) in [7, 11) is 2.15. The van der Waals surface area contributed by atoms with Crippen LogP contribution in [0.25, 0.3) is 0 Å². The zero-order valence-electron chi connectivity index (χ0n) is 10.3. The molecule has 2 aliphatic rings. The topological polar surface area (TPSA) is 12.0 Å². The highest BCUT2D eigenvalue weighted by Crippen LogP contribution is 2.35. The van der Waals surface area contributed by atoms with Gasteiger partial charge in [-0.05, 0) is 44.6 Å². The number of nitrogens with one attached hydrogen (secondary N) is 1. The van der Waals surface area contributed by atoms with E-state index in [-0.39, 0.29) is 0 Å². The van der Waals surface area contributed by atoms with E-state index < -0.39 is 0 Å². The second-order valence-electron chi connectivity index (χ2n) is 5.73. The Kier molecular flexibility index (Phi) is 4.49. The molecule has 1 nitrogen and oxygen atoms in total. The molecule has 0 aromatic carbocycles. The third-order valence-corrected chi connectivity index (χ3v) is 4.43. The fourth-order valence-electron chi connectivity index (χ4n) is 3.01. The predicted molar refractivity (Wildman–Crippen MR) is 66.0 cm³/mol. The van der Waals surface area contributed by atoms with Gasteiger partial charge in [0.15, 0.2) is 0 Å². The van der Waals surface area contributed by atoms with Crippen LogP contribution in [-0.2, 0) is 0 Å². The van der Waals surface area contributed by atoms with E-state index in [1.807, 2.05) is 0 Å². The second kappa shape index (κ2) is 5.89. The van der Waals surface area contributed by atoms with Gasteiger partial charge in [0.25, 0.3) is 0 Å². The van der Waals surface area contributed by atoms with Crippen LogP contribution in [0.3, 0.4) is 0 Å². The Morgan fingerprint density at radius 2 is 1.47 bits per heavy atom. The molecule has 0 bridgehead atoms. The van der Waals surface area contributed by atoms with Crippen LogP contribution in [0, 0.1) is 11.8 Å². The fraction of sp³-hybridized carbons (Fsp3) is 1.00. The molecule has 0 heterocycles. The lowest BCUT2D eigenvalue weighted by Crippen LogP contribution is -2.25. The minimum absolute atomic E-state index is 0.811. The summed E-state index contributed by atoms with van der Waals surface area (Å²) in [6, 6.07) is 0.811. The summed E-state index contributed by atoms with van der Waals surface area (Å²) in [6.45, 7) is 0. The number of rotatable bonds is 7. The van der Waals surface area contributed by atoms with Crippen molar-refractivity contribution in [2.75, 3.05) is 7.05 Å². The Labute approximate surface area is 95.0 Å². The molecule has 1 atom stereocenters. The van der Waals surface area contributed by atoms with E-state index in [0.717, 1.165) is 17.9 Å². The van der Waals surface area contributed by atoms with E-state index in [2.05, 4.69) is 12.4 Å². The molecule has 1 unspecified atom stereocenters. The van der Waals surface area contributed by atoms with Gasteiger partial charge in [-0.2, -0.15) is 0 Å². The van der Waals surface area contributed by atoms with Crippen molar-refractivity contribution in [2.24, 2.45) is 11.8 Å². The molecule has 0 aliphatic heterocycles. The quantitative estimate of drug-likeness (QED) is 0.673. The van der Waals surface area contributed by atoms with Crippen LogP contribution in [0.2, 0.25) is 0 Å². The van der Waals surface area contributed by atoms with Crippen LogP contribution < -0.4 is 5.32 Å². The molecule has 0 aromatic rings. The molecule has 1 heteroatoms. The monoisotopic (exact) mass is 209 g/mol. The summed E-state index contributed by atoms with van der Waals surface area (Å²) < 4.78 is 0. The first-order valence-corrected chi connectivity index (χ1v) is 7.05. The smallest absolute Gasteiger partial charge is 0.00642 e. The highest BCUT2D eigenvalue weighted by Gasteiger charge is 2.22. The van der Waals surface area contributed by atoms with Crippen LogP contribution in [0.15, 0.2) is 0 Å². The summed E-state index contributed by atoms with van der Waals surface area (Å²) in [4.78, 5) is 0. The lowest BCUT2D eigenvalue weighted by molar-refractivity contribution is 0.394. The van der Waals surface area contributed by atoms with E-state index in [9.17, 15) is 0 Å². The maximum atomic E-state index is 3.51. The van der Waals surface area contributed by atoms with Gasteiger partial charge in [0.05, 0.1) is 0 Å². The summed E-state index contributed by atoms with van der Waals surface area (Å²) >= 11 is 0. The van der Waals surface area contributed by atoms with Gasteiger partial charge in [-0.25, -0.2) is 0 Å². The molecule has 2 saturated carbocycles. The molecule has 2 rings (SSSR count). The summed E-state index contributed by atoms with van der Waals surface area (Å²) in [6.07, 6.45) is 14.9. The molecule has 0 spiro atoms. The zero-order chi connectivity index (χ0) is 10.5. The third kappa shape index (κ3) is 4.14. The van der Waals surface area contributed by atoms with Gasteiger partial charge in [0.1, 0.15) is 0 Å². The van der Waals surface area contributed by atoms with E-state index >= 15 is 0 Å². The van der Waals surface area contributed by atoms with Crippen molar-refractivity contribution in [1.82, 2.24) is 5.32 Å². The maximum absolute atomic E-state index is 3.51.